The molecule has 0 spiro atoms. The third-order valence-electron chi connectivity index (χ3n) is 4.11. The molecule has 0 atom stereocenters. The normalized spacial score (nSPS) is 10.5. The minimum Gasteiger partial charge on any atom is -0.497 e. The largest absolute Gasteiger partial charge is 0.497 e. The van der Waals surface area contributed by atoms with E-state index in [9.17, 15) is 9.59 Å². The Kier molecular flexibility index (Phi) is 6.78. The number of carbonyl (C=O) groups is 2. The van der Waals surface area contributed by atoms with Gasteiger partial charge in [-0.15, -0.1) is 0 Å². The molecule has 0 saturated heterocycles. The van der Waals surface area contributed by atoms with E-state index < -0.39 is 5.97 Å². The molecular formula is C23H20N2O5. The predicted molar refractivity (Wildman–Crippen MR) is 112 cm³/mol. The minimum absolute atomic E-state index is 0.360. The Bertz CT molecular complexity index is 1060. The number of nitrogens with one attached hydrogen (secondary N) is 1. The summed E-state index contributed by atoms with van der Waals surface area (Å²) in [6.07, 6.45) is 1.46. The van der Waals surface area contributed by atoms with E-state index in [1.165, 1.54) is 13.3 Å². The van der Waals surface area contributed by atoms with Crippen LogP contribution in [0.4, 0.5) is 0 Å². The summed E-state index contributed by atoms with van der Waals surface area (Å²) >= 11 is 0. The lowest BCUT2D eigenvalue weighted by Gasteiger charge is -2.06. The van der Waals surface area contributed by atoms with Gasteiger partial charge in [0.25, 0.3) is 5.91 Å². The lowest BCUT2D eigenvalue weighted by Crippen LogP contribution is -2.17. The van der Waals surface area contributed by atoms with E-state index in [0.29, 0.717) is 33.9 Å². The summed E-state index contributed by atoms with van der Waals surface area (Å²) in [7, 11) is 3.09. The highest BCUT2D eigenvalue weighted by Crippen LogP contribution is 2.17. The smallest absolute Gasteiger partial charge is 0.343 e. The van der Waals surface area contributed by atoms with Crippen LogP contribution in [0.2, 0.25) is 0 Å². The van der Waals surface area contributed by atoms with Crippen LogP contribution in [0.1, 0.15) is 26.3 Å². The average molecular weight is 404 g/mol. The number of hydrogen-bond donors (Lipinski definition) is 1. The van der Waals surface area contributed by atoms with Crippen LogP contribution in [0, 0.1) is 0 Å². The Hall–Kier alpha value is -4.13. The molecule has 0 saturated carbocycles. The van der Waals surface area contributed by atoms with E-state index in [1.54, 1.807) is 79.9 Å². The van der Waals surface area contributed by atoms with Gasteiger partial charge in [-0.1, -0.05) is 18.2 Å². The Morgan fingerprint density at radius 1 is 0.800 bits per heavy atom. The lowest BCUT2D eigenvalue weighted by atomic mass is 10.2. The van der Waals surface area contributed by atoms with E-state index >= 15 is 0 Å². The Balaban J connectivity index is 1.61. The molecule has 0 aliphatic heterocycles. The second-order valence-corrected chi connectivity index (χ2v) is 6.12. The fourth-order valence-electron chi connectivity index (χ4n) is 2.55. The monoisotopic (exact) mass is 404 g/mol. The standard InChI is InChI=1S/C23H20N2O5/c1-28-19-11-9-17(10-12-19)23(27)30-21-8-3-5-16(13-21)15-24-25-22(26)18-6-4-7-20(14-18)29-2/h3-15H,1-2H3,(H,25,26)/b24-15+. The van der Waals surface area contributed by atoms with Crippen molar-refractivity contribution >= 4 is 18.1 Å². The summed E-state index contributed by atoms with van der Waals surface area (Å²) in [5.41, 5.74) is 3.93. The quantitative estimate of drug-likeness (QED) is 0.281. The maximum Gasteiger partial charge on any atom is 0.343 e. The van der Waals surface area contributed by atoms with Crippen LogP contribution < -0.4 is 19.6 Å². The molecular weight excluding hydrogens is 384 g/mol. The second kappa shape index (κ2) is 9.88. The predicted octanol–water partition coefficient (Wildman–Crippen LogP) is 3.69. The lowest BCUT2D eigenvalue weighted by molar-refractivity contribution is 0.0734. The van der Waals surface area contributed by atoms with Gasteiger partial charge in [-0.3, -0.25) is 4.79 Å². The van der Waals surface area contributed by atoms with Crippen molar-refractivity contribution in [2.45, 2.75) is 0 Å². The molecule has 0 unspecified atom stereocenters. The van der Waals surface area contributed by atoms with Gasteiger partial charge in [-0.2, -0.15) is 5.10 Å². The van der Waals surface area contributed by atoms with Crippen molar-refractivity contribution < 1.29 is 23.8 Å². The van der Waals surface area contributed by atoms with Crippen molar-refractivity contribution in [3.8, 4) is 17.2 Å². The first-order chi connectivity index (χ1) is 14.6. The average Bonchev–Trinajstić information content (AvgIpc) is 2.79. The fraction of sp³-hybridized carbons (Fsp3) is 0.0870. The summed E-state index contributed by atoms with van der Waals surface area (Å²) in [5, 5.41) is 3.95. The van der Waals surface area contributed by atoms with Gasteiger partial charge in [0.1, 0.15) is 17.2 Å². The molecule has 30 heavy (non-hydrogen) atoms. The van der Waals surface area contributed by atoms with Crippen LogP contribution >= 0.6 is 0 Å². The van der Waals surface area contributed by atoms with Crippen LogP contribution in [-0.2, 0) is 0 Å². The highest BCUT2D eigenvalue weighted by molar-refractivity contribution is 5.95. The summed E-state index contributed by atoms with van der Waals surface area (Å²) < 4.78 is 15.6. The SMILES string of the molecule is COc1ccc(C(=O)Oc2cccc(/C=N/NC(=O)c3cccc(OC)c3)c2)cc1. The molecule has 7 heteroatoms. The number of esters is 1. The third-order valence-corrected chi connectivity index (χ3v) is 4.11. The zero-order valence-electron chi connectivity index (χ0n) is 16.5. The first-order valence-electron chi connectivity index (χ1n) is 9.03. The summed E-state index contributed by atoms with van der Waals surface area (Å²) in [4.78, 5) is 24.4. The number of hydrogen-bond acceptors (Lipinski definition) is 6. The van der Waals surface area contributed by atoms with Gasteiger partial charge in [0, 0.05) is 5.56 Å². The molecule has 0 radical (unpaired) electrons. The number of methoxy groups -OCH3 is 2. The molecule has 3 rings (SSSR count). The zero-order valence-corrected chi connectivity index (χ0v) is 16.5. The number of amides is 1. The molecule has 1 amide bonds. The molecule has 152 valence electrons. The van der Waals surface area contributed by atoms with Gasteiger partial charge >= 0.3 is 5.97 Å². The number of ether oxygens (including phenoxy) is 3. The summed E-state index contributed by atoms with van der Waals surface area (Å²) in [6, 6.07) is 20.2. The third kappa shape index (κ3) is 5.45. The van der Waals surface area contributed by atoms with Gasteiger partial charge < -0.3 is 14.2 Å². The van der Waals surface area contributed by atoms with Gasteiger partial charge in [-0.25, -0.2) is 10.2 Å². The van der Waals surface area contributed by atoms with Crippen LogP contribution in [0.15, 0.2) is 77.9 Å². The van der Waals surface area contributed by atoms with Gasteiger partial charge in [-0.05, 0) is 60.2 Å². The van der Waals surface area contributed by atoms with Crippen LogP contribution in [-0.4, -0.2) is 32.3 Å². The van der Waals surface area contributed by atoms with Crippen molar-refractivity contribution in [1.82, 2.24) is 5.43 Å². The fourth-order valence-corrected chi connectivity index (χ4v) is 2.55. The van der Waals surface area contributed by atoms with Gasteiger partial charge in [0.05, 0.1) is 26.0 Å². The maximum absolute atomic E-state index is 12.3. The molecule has 0 aliphatic carbocycles. The topological polar surface area (TPSA) is 86.2 Å². The molecule has 0 bridgehead atoms. The van der Waals surface area contributed by atoms with Crippen molar-refractivity contribution in [2.24, 2.45) is 5.10 Å². The van der Waals surface area contributed by atoms with E-state index in [1.807, 2.05) is 0 Å². The van der Waals surface area contributed by atoms with Crippen LogP contribution in [0.25, 0.3) is 0 Å². The van der Waals surface area contributed by atoms with Gasteiger partial charge in [0.15, 0.2) is 0 Å². The van der Waals surface area contributed by atoms with E-state index in [0.717, 1.165) is 0 Å². The van der Waals surface area contributed by atoms with E-state index in [-0.39, 0.29) is 5.91 Å². The molecule has 0 aliphatic rings. The van der Waals surface area contributed by atoms with Crippen LogP contribution in [0.3, 0.4) is 0 Å². The summed E-state index contributed by atoms with van der Waals surface area (Å²) in [5.74, 6) is 0.739. The van der Waals surface area contributed by atoms with Gasteiger partial charge in [0.2, 0.25) is 0 Å². The first kappa shape index (κ1) is 20.6. The number of rotatable bonds is 7. The Morgan fingerprint density at radius 2 is 1.50 bits per heavy atom. The van der Waals surface area contributed by atoms with E-state index in [2.05, 4.69) is 10.5 Å². The highest BCUT2D eigenvalue weighted by atomic mass is 16.5. The Morgan fingerprint density at radius 3 is 2.23 bits per heavy atom. The molecule has 3 aromatic carbocycles. The molecule has 0 aromatic heterocycles. The first-order valence-corrected chi connectivity index (χ1v) is 9.03. The number of carbonyl (C=O) groups excluding carboxylic acids is 2. The van der Waals surface area contributed by atoms with Crippen molar-refractivity contribution in [3.63, 3.8) is 0 Å². The van der Waals surface area contributed by atoms with Crippen LogP contribution in [0.5, 0.6) is 17.2 Å². The van der Waals surface area contributed by atoms with Crippen molar-refractivity contribution in [2.75, 3.05) is 14.2 Å². The number of nitrogens with zero attached hydrogens (tertiary/aromatic N) is 1. The molecule has 1 N–H and O–H groups in total. The van der Waals surface area contributed by atoms with E-state index in [4.69, 9.17) is 14.2 Å². The highest BCUT2D eigenvalue weighted by Gasteiger charge is 2.09. The van der Waals surface area contributed by atoms with Crippen molar-refractivity contribution in [3.05, 3.63) is 89.5 Å². The number of hydrazone groups is 1. The summed E-state index contributed by atoms with van der Waals surface area (Å²) in [6.45, 7) is 0. The molecule has 0 fully saturated rings. The molecule has 3 aromatic rings. The second-order valence-electron chi connectivity index (χ2n) is 6.12. The Labute approximate surface area is 173 Å². The minimum atomic E-state index is -0.488. The molecule has 0 heterocycles. The van der Waals surface area contributed by atoms with Crippen molar-refractivity contribution in [1.29, 1.82) is 0 Å². The number of benzene rings is 3. The molecule has 7 nitrogen and oxygen atoms in total. The maximum atomic E-state index is 12.3. The zero-order chi connectivity index (χ0) is 21.3.